The minimum atomic E-state index is -0.0244. The summed E-state index contributed by atoms with van der Waals surface area (Å²) < 4.78 is 7.14. The molecule has 3 aromatic rings. The average molecular weight is 390 g/mol. The molecule has 6 heteroatoms. The number of nitrogens with one attached hydrogen (secondary N) is 1. The lowest BCUT2D eigenvalue weighted by Crippen LogP contribution is -2.27. The van der Waals surface area contributed by atoms with Crippen molar-refractivity contribution in [1.82, 2.24) is 20.1 Å². The number of benzene rings is 1. The maximum atomic E-state index is 13.2. The van der Waals surface area contributed by atoms with Crippen LogP contribution >= 0.6 is 0 Å². The minimum Gasteiger partial charge on any atom is -0.497 e. The summed E-state index contributed by atoms with van der Waals surface area (Å²) in [7, 11) is 1.67. The molecule has 0 aliphatic heterocycles. The van der Waals surface area contributed by atoms with E-state index in [2.05, 4.69) is 36.4 Å². The smallest absolute Gasteiger partial charge is 0.252 e. The number of aromatic nitrogens is 3. The highest BCUT2D eigenvalue weighted by Gasteiger charge is 2.40. The second-order valence-corrected chi connectivity index (χ2v) is 8.48. The van der Waals surface area contributed by atoms with Crippen LogP contribution in [-0.2, 0) is 0 Å². The summed E-state index contributed by atoms with van der Waals surface area (Å²) in [6, 6.07) is 10.5. The molecule has 2 saturated carbocycles. The van der Waals surface area contributed by atoms with Crippen molar-refractivity contribution in [3.8, 4) is 5.75 Å². The quantitative estimate of drug-likeness (QED) is 0.685. The monoisotopic (exact) mass is 390 g/mol. The van der Waals surface area contributed by atoms with E-state index in [9.17, 15) is 4.79 Å². The standard InChI is InChI=1S/C23H26N4O2/c1-13(2)27-22-19(12-24-27)18(11-20(25-22)15-4-5-15)23(28)26-21-10-17(21)14-6-8-16(29-3)9-7-14/h6-9,11-13,15,17,21H,4-5,10H2,1-3H3,(H,26,28)/t17-,21+/m0/s1. The van der Waals surface area contributed by atoms with E-state index in [1.807, 2.05) is 22.9 Å². The van der Waals surface area contributed by atoms with Crippen molar-refractivity contribution < 1.29 is 9.53 Å². The van der Waals surface area contributed by atoms with Crippen molar-refractivity contribution in [1.29, 1.82) is 0 Å². The van der Waals surface area contributed by atoms with Gasteiger partial charge >= 0.3 is 0 Å². The van der Waals surface area contributed by atoms with Crippen LogP contribution in [0.25, 0.3) is 11.0 Å². The number of rotatable bonds is 6. The van der Waals surface area contributed by atoms with E-state index in [0.29, 0.717) is 17.4 Å². The summed E-state index contributed by atoms with van der Waals surface area (Å²) in [6.07, 6.45) is 5.05. The third-order valence-corrected chi connectivity index (χ3v) is 5.97. The van der Waals surface area contributed by atoms with E-state index in [0.717, 1.165) is 41.7 Å². The lowest BCUT2D eigenvalue weighted by Gasteiger charge is -2.11. The van der Waals surface area contributed by atoms with Gasteiger partial charge in [0.2, 0.25) is 0 Å². The Morgan fingerprint density at radius 1 is 1.24 bits per heavy atom. The van der Waals surface area contributed by atoms with Gasteiger partial charge in [-0.3, -0.25) is 4.79 Å². The van der Waals surface area contributed by atoms with Gasteiger partial charge in [-0.1, -0.05) is 12.1 Å². The molecule has 2 atom stereocenters. The largest absolute Gasteiger partial charge is 0.497 e. The van der Waals surface area contributed by atoms with Crippen molar-refractivity contribution in [2.24, 2.45) is 0 Å². The summed E-state index contributed by atoms with van der Waals surface area (Å²) in [5.74, 6) is 1.67. The summed E-state index contributed by atoms with van der Waals surface area (Å²) >= 11 is 0. The fraction of sp³-hybridized carbons (Fsp3) is 0.435. The van der Waals surface area contributed by atoms with E-state index < -0.39 is 0 Å². The molecule has 0 radical (unpaired) electrons. The second kappa shape index (κ2) is 6.87. The van der Waals surface area contributed by atoms with Crippen LogP contribution in [0.5, 0.6) is 5.75 Å². The highest BCUT2D eigenvalue weighted by molar-refractivity contribution is 6.05. The van der Waals surface area contributed by atoms with Crippen LogP contribution in [0.4, 0.5) is 0 Å². The molecule has 0 unspecified atom stereocenters. The summed E-state index contributed by atoms with van der Waals surface area (Å²) in [6.45, 7) is 4.17. The minimum absolute atomic E-state index is 0.0244. The highest BCUT2D eigenvalue weighted by atomic mass is 16.5. The Hall–Kier alpha value is -2.89. The molecule has 2 aliphatic carbocycles. The summed E-state index contributed by atoms with van der Waals surface area (Å²) in [4.78, 5) is 18.0. The van der Waals surface area contributed by atoms with Crippen molar-refractivity contribution >= 4 is 16.9 Å². The third-order valence-electron chi connectivity index (χ3n) is 5.97. The molecule has 2 fully saturated rings. The average Bonchev–Trinajstić information content (AvgIpc) is 3.65. The van der Waals surface area contributed by atoms with Gasteiger partial charge in [0, 0.05) is 29.6 Å². The van der Waals surface area contributed by atoms with E-state index in [1.165, 1.54) is 5.56 Å². The lowest BCUT2D eigenvalue weighted by atomic mass is 10.1. The molecule has 6 nitrogen and oxygen atoms in total. The number of hydrogen-bond donors (Lipinski definition) is 1. The maximum Gasteiger partial charge on any atom is 0.252 e. The molecular formula is C23H26N4O2. The number of methoxy groups -OCH3 is 1. The molecule has 0 bridgehead atoms. The zero-order valence-corrected chi connectivity index (χ0v) is 17.1. The number of hydrogen-bond acceptors (Lipinski definition) is 4. The molecule has 2 aromatic heterocycles. The number of fused-ring (bicyclic) bond motifs is 1. The van der Waals surface area contributed by atoms with Crippen LogP contribution in [0.15, 0.2) is 36.5 Å². The van der Waals surface area contributed by atoms with Crippen molar-refractivity contribution in [3.63, 3.8) is 0 Å². The SMILES string of the molecule is COc1ccc([C@@H]2C[C@H]2NC(=O)c2cc(C3CC3)nc3c2cnn3C(C)C)cc1. The first-order valence-corrected chi connectivity index (χ1v) is 10.4. The first-order valence-electron chi connectivity index (χ1n) is 10.4. The normalized spacial score (nSPS) is 20.8. The van der Waals surface area contributed by atoms with Gasteiger partial charge in [-0.25, -0.2) is 9.67 Å². The molecule has 1 N–H and O–H groups in total. The zero-order valence-electron chi connectivity index (χ0n) is 17.1. The van der Waals surface area contributed by atoms with Crippen molar-refractivity contribution in [3.05, 3.63) is 53.3 Å². The Morgan fingerprint density at radius 3 is 2.66 bits per heavy atom. The zero-order chi connectivity index (χ0) is 20.1. The molecule has 1 aromatic carbocycles. The van der Waals surface area contributed by atoms with E-state index >= 15 is 0 Å². The molecule has 0 spiro atoms. The number of carbonyl (C=O) groups is 1. The van der Waals surface area contributed by atoms with Crippen LogP contribution in [0.1, 0.15) is 72.6 Å². The second-order valence-electron chi connectivity index (χ2n) is 8.48. The fourth-order valence-electron chi connectivity index (χ4n) is 4.01. The van der Waals surface area contributed by atoms with E-state index in [-0.39, 0.29) is 18.0 Å². The van der Waals surface area contributed by atoms with Gasteiger partial charge in [0.05, 0.1) is 24.3 Å². The van der Waals surface area contributed by atoms with E-state index in [1.54, 1.807) is 13.3 Å². The first kappa shape index (κ1) is 18.2. The molecular weight excluding hydrogens is 364 g/mol. The summed E-state index contributed by atoms with van der Waals surface area (Å²) in [5.41, 5.74) is 3.77. The maximum absolute atomic E-state index is 13.2. The Morgan fingerprint density at radius 2 is 2.00 bits per heavy atom. The fourth-order valence-corrected chi connectivity index (χ4v) is 4.01. The molecule has 29 heavy (non-hydrogen) atoms. The Labute approximate surface area is 170 Å². The molecule has 0 saturated heterocycles. The van der Waals surface area contributed by atoms with Gasteiger partial charge in [0.1, 0.15) is 5.75 Å². The lowest BCUT2D eigenvalue weighted by molar-refractivity contribution is 0.0952. The van der Waals surface area contributed by atoms with Crippen LogP contribution in [0.3, 0.4) is 0 Å². The number of amides is 1. The van der Waals surface area contributed by atoms with E-state index in [4.69, 9.17) is 9.72 Å². The predicted octanol–water partition coefficient (Wildman–Crippen LogP) is 4.18. The first-order chi connectivity index (χ1) is 14.0. The molecule has 2 aliphatic rings. The number of carbonyl (C=O) groups excluding carboxylic acids is 1. The molecule has 1 amide bonds. The van der Waals surface area contributed by atoms with Crippen molar-refractivity contribution in [2.45, 2.75) is 57.0 Å². The van der Waals surface area contributed by atoms with Crippen LogP contribution < -0.4 is 10.1 Å². The Bertz CT molecular complexity index is 1070. The number of nitrogens with zero attached hydrogens (tertiary/aromatic N) is 3. The van der Waals surface area contributed by atoms with Crippen molar-refractivity contribution in [2.75, 3.05) is 7.11 Å². The molecule has 5 rings (SSSR count). The summed E-state index contributed by atoms with van der Waals surface area (Å²) in [5, 5.41) is 8.56. The third kappa shape index (κ3) is 3.37. The molecule has 2 heterocycles. The van der Waals surface area contributed by atoms with Crippen LogP contribution in [-0.4, -0.2) is 33.8 Å². The Kier molecular flexibility index (Phi) is 4.30. The molecule has 150 valence electrons. The topological polar surface area (TPSA) is 69.0 Å². The van der Waals surface area contributed by atoms with Gasteiger partial charge in [0.25, 0.3) is 5.91 Å². The number of ether oxygens (including phenoxy) is 1. The Balaban J connectivity index is 1.39. The van der Waals surface area contributed by atoms with Gasteiger partial charge < -0.3 is 10.1 Å². The van der Waals surface area contributed by atoms with Crippen LogP contribution in [0, 0.1) is 0 Å². The van der Waals surface area contributed by atoms with Gasteiger partial charge in [-0.15, -0.1) is 0 Å². The highest BCUT2D eigenvalue weighted by Crippen LogP contribution is 2.42. The van der Waals surface area contributed by atoms with Crippen LogP contribution in [0.2, 0.25) is 0 Å². The van der Waals surface area contributed by atoms with Gasteiger partial charge in [-0.05, 0) is 56.9 Å². The number of pyridine rings is 1. The van der Waals surface area contributed by atoms with Gasteiger partial charge in [-0.2, -0.15) is 5.10 Å². The van der Waals surface area contributed by atoms with Gasteiger partial charge in [0.15, 0.2) is 5.65 Å². The predicted molar refractivity (Wildman–Crippen MR) is 111 cm³/mol.